The van der Waals surface area contributed by atoms with Gasteiger partial charge in [-0.25, -0.2) is 0 Å². The molecular formula is C12H15N3S. The van der Waals surface area contributed by atoms with Crippen LogP contribution in [0.5, 0.6) is 0 Å². The van der Waals surface area contributed by atoms with Crippen molar-refractivity contribution < 1.29 is 0 Å². The molecule has 1 aromatic heterocycles. The van der Waals surface area contributed by atoms with E-state index < -0.39 is 0 Å². The van der Waals surface area contributed by atoms with Crippen LogP contribution in [0.1, 0.15) is 12.8 Å². The van der Waals surface area contributed by atoms with E-state index in [4.69, 9.17) is 5.73 Å². The lowest BCUT2D eigenvalue weighted by molar-refractivity contribution is 0.622. The molecule has 1 saturated carbocycles. The molecule has 16 heavy (non-hydrogen) atoms. The lowest BCUT2D eigenvalue weighted by Gasteiger charge is -2.10. The lowest BCUT2D eigenvalue weighted by atomic mass is 10.2. The highest BCUT2D eigenvalue weighted by Gasteiger charge is 2.28. The number of fused-ring (bicyclic) bond motifs is 1. The highest BCUT2D eigenvalue weighted by Crippen LogP contribution is 2.32. The molecule has 1 fully saturated rings. The molecule has 1 atom stereocenters. The minimum atomic E-state index is 0.292. The zero-order chi connectivity index (χ0) is 11.0. The summed E-state index contributed by atoms with van der Waals surface area (Å²) in [6.45, 7) is 0.858. The summed E-state index contributed by atoms with van der Waals surface area (Å²) >= 11 is 1.52. The second kappa shape index (κ2) is 4.03. The molecule has 1 unspecified atom stereocenters. The Bertz CT molecular complexity index is 490. The van der Waals surface area contributed by atoms with Crippen LogP contribution in [0.2, 0.25) is 0 Å². The van der Waals surface area contributed by atoms with Crippen molar-refractivity contribution in [3.05, 3.63) is 24.3 Å². The maximum Gasteiger partial charge on any atom is 0.117 e. The van der Waals surface area contributed by atoms with Gasteiger partial charge in [-0.2, -0.15) is 4.37 Å². The summed E-state index contributed by atoms with van der Waals surface area (Å²) in [5.41, 5.74) is 7.13. The quantitative estimate of drug-likeness (QED) is 0.853. The first-order valence-electron chi connectivity index (χ1n) is 5.68. The van der Waals surface area contributed by atoms with Crippen LogP contribution in [-0.4, -0.2) is 17.0 Å². The van der Waals surface area contributed by atoms with Crippen molar-refractivity contribution >= 4 is 27.4 Å². The average molecular weight is 233 g/mol. The summed E-state index contributed by atoms with van der Waals surface area (Å²) < 4.78 is 4.40. The topological polar surface area (TPSA) is 50.9 Å². The third-order valence-corrected chi connectivity index (χ3v) is 3.94. The van der Waals surface area contributed by atoms with Crippen LogP contribution in [0.15, 0.2) is 24.3 Å². The third kappa shape index (κ3) is 1.90. The summed E-state index contributed by atoms with van der Waals surface area (Å²) in [4.78, 5) is 0. The fraction of sp³-hybridized carbons (Fsp3) is 0.417. The first-order chi connectivity index (χ1) is 7.84. The van der Waals surface area contributed by atoms with Gasteiger partial charge in [-0.1, -0.05) is 12.1 Å². The Morgan fingerprint density at radius 2 is 2.25 bits per heavy atom. The van der Waals surface area contributed by atoms with Crippen molar-refractivity contribution in [3.63, 3.8) is 0 Å². The number of anilines is 1. The monoisotopic (exact) mass is 233 g/mol. The van der Waals surface area contributed by atoms with Crippen molar-refractivity contribution in [1.82, 2.24) is 4.37 Å². The van der Waals surface area contributed by atoms with Gasteiger partial charge in [0.15, 0.2) is 0 Å². The molecular weight excluding hydrogens is 218 g/mol. The number of nitrogens with one attached hydrogen (secondary N) is 1. The van der Waals surface area contributed by atoms with Crippen LogP contribution in [0.4, 0.5) is 5.00 Å². The van der Waals surface area contributed by atoms with Crippen molar-refractivity contribution in [1.29, 1.82) is 0 Å². The normalized spacial score (nSPS) is 17.6. The van der Waals surface area contributed by atoms with E-state index in [1.165, 1.54) is 29.8 Å². The second-order valence-corrected chi connectivity index (χ2v) is 5.18. The molecule has 0 aliphatic heterocycles. The summed E-state index contributed by atoms with van der Waals surface area (Å²) in [5.74, 6) is 0.742. The molecule has 0 radical (unpaired) electrons. The maximum absolute atomic E-state index is 6.06. The van der Waals surface area contributed by atoms with E-state index in [0.717, 1.165) is 23.0 Å². The van der Waals surface area contributed by atoms with Crippen LogP contribution in [0, 0.1) is 5.92 Å². The SMILES string of the molecule is NC(CNc1snc2ccccc12)C1CC1. The van der Waals surface area contributed by atoms with Gasteiger partial charge >= 0.3 is 0 Å². The molecule has 2 aromatic rings. The van der Waals surface area contributed by atoms with Gasteiger partial charge in [-0.3, -0.25) is 0 Å². The smallest absolute Gasteiger partial charge is 0.117 e. The number of hydrogen-bond acceptors (Lipinski definition) is 4. The Morgan fingerprint density at radius 1 is 1.44 bits per heavy atom. The summed E-state index contributed by atoms with van der Waals surface area (Å²) in [7, 11) is 0. The Kier molecular flexibility index (Phi) is 2.53. The van der Waals surface area contributed by atoms with Gasteiger partial charge in [0.2, 0.25) is 0 Å². The van der Waals surface area contributed by atoms with E-state index in [0.29, 0.717) is 6.04 Å². The Balaban J connectivity index is 1.73. The number of aromatic nitrogens is 1. The van der Waals surface area contributed by atoms with Gasteiger partial charge in [-0.05, 0) is 42.4 Å². The molecule has 84 valence electrons. The van der Waals surface area contributed by atoms with Crippen LogP contribution in [-0.2, 0) is 0 Å². The second-order valence-electron chi connectivity index (χ2n) is 4.41. The zero-order valence-corrected chi connectivity index (χ0v) is 9.83. The summed E-state index contributed by atoms with van der Waals surface area (Å²) in [5, 5.41) is 5.77. The van der Waals surface area contributed by atoms with Crippen LogP contribution in [0.3, 0.4) is 0 Å². The number of rotatable bonds is 4. The molecule has 0 bridgehead atoms. The average Bonchev–Trinajstić information content (AvgIpc) is 3.08. The number of nitrogens with zero attached hydrogens (tertiary/aromatic N) is 1. The summed E-state index contributed by atoms with van der Waals surface area (Å²) in [6, 6.07) is 8.49. The Labute approximate surface area is 98.8 Å². The third-order valence-electron chi connectivity index (χ3n) is 3.11. The molecule has 3 N–H and O–H groups in total. The number of benzene rings is 1. The molecule has 0 amide bonds. The molecule has 0 saturated heterocycles. The van der Waals surface area contributed by atoms with Crippen LogP contribution < -0.4 is 11.1 Å². The van der Waals surface area contributed by atoms with Gasteiger partial charge in [0, 0.05) is 18.0 Å². The molecule has 1 heterocycles. The predicted molar refractivity (Wildman–Crippen MR) is 68.8 cm³/mol. The molecule has 3 nitrogen and oxygen atoms in total. The molecule has 0 spiro atoms. The predicted octanol–water partition coefficient (Wildman–Crippen LogP) is 2.45. The fourth-order valence-electron chi connectivity index (χ4n) is 1.92. The number of hydrogen-bond donors (Lipinski definition) is 2. The van der Waals surface area contributed by atoms with Gasteiger partial charge in [-0.15, -0.1) is 0 Å². The molecule has 1 aliphatic carbocycles. The first kappa shape index (κ1) is 10.1. The number of nitrogens with two attached hydrogens (primary N) is 1. The Morgan fingerprint density at radius 3 is 3.06 bits per heavy atom. The Hall–Kier alpha value is -1.13. The summed E-state index contributed by atoms with van der Waals surface area (Å²) in [6.07, 6.45) is 2.60. The minimum Gasteiger partial charge on any atom is -0.374 e. The fourth-order valence-corrected chi connectivity index (χ4v) is 2.69. The van der Waals surface area contributed by atoms with Crippen LogP contribution >= 0.6 is 11.5 Å². The first-order valence-corrected chi connectivity index (χ1v) is 6.46. The van der Waals surface area contributed by atoms with Gasteiger partial charge < -0.3 is 11.1 Å². The van der Waals surface area contributed by atoms with Crippen LogP contribution in [0.25, 0.3) is 10.9 Å². The van der Waals surface area contributed by atoms with Gasteiger partial charge in [0.05, 0.1) is 5.52 Å². The molecule has 3 rings (SSSR count). The van der Waals surface area contributed by atoms with E-state index in [1.807, 2.05) is 18.2 Å². The minimum absolute atomic E-state index is 0.292. The van der Waals surface area contributed by atoms with E-state index in [2.05, 4.69) is 15.8 Å². The van der Waals surface area contributed by atoms with E-state index in [-0.39, 0.29) is 0 Å². The largest absolute Gasteiger partial charge is 0.374 e. The van der Waals surface area contributed by atoms with E-state index in [1.54, 1.807) is 0 Å². The van der Waals surface area contributed by atoms with E-state index >= 15 is 0 Å². The maximum atomic E-state index is 6.06. The van der Waals surface area contributed by atoms with Crippen molar-refractivity contribution in [3.8, 4) is 0 Å². The van der Waals surface area contributed by atoms with Gasteiger partial charge in [0.1, 0.15) is 5.00 Å². The van der Waals surface area contributed by atoms with Crippen molar-refractivity contribution in [2.45, 2.75) is 18.9 Å². The standard InChI is InChI=1S/C12H15N3S/c13-10(8-5-6-8)7-14-12-9-3-1-2-4-11(9)15-16-12/h1-4,8,10,14H,5-7,13H2. The molecule has 4 heteroatoms. The zero-order valence-electron chi connectivity index (χ0n) is 9.02. The van der Waals surface area contributed by atoms with Gasteiger partial charge in [0.25, 0.3) is 0 Å². The van der Waals surface area contributed by atoms with Crippen molar-refractivity contribution in [2.75, 3.05) is 11.9 Å². The lowest BCUT2D eigenvalue weighted by Crippen LogP contribution is -2.30. The molecule has 1 aliphatic rings. The van der Waals surface area contributed by atoms with Crippen molar-refractivity contribution in [2.24, 2.45) is 11.7 Å². The van der Waals surface area contributed by atoms with E-state index in [9.17, 15) is 0 Å². The highest BCUT2D eigenvalue weighted by atomic mass is 32.1. The molecule has 1 aromatic carbocycles. The highest BCUT2D eigenvalue weighted by molar-refractivity contribution is 7.11.